The molecule has 0 spiro atoms. The van der Waals surface area contributed by atoms with Crippen LogP contribution >= 0.6 is 0 Å². The van der Waals surface area contributed by atoms with Gasteiger partial charge in [-0.25, -0.2) is 4.98 Å². The molecular weight excluding hydrogens is 336 g/mol. The lowest BCUT2D eigenvalue weighted by molar-refractivity contribution is 0.465. The lowest BCUT2D eigenvalue weighted by atomic mass is 10.1. The van der Waals surface area contributed by atoms with Crippen LogP contribution in [0.3, 0.4) is 0 Å². The molecule has 0 unspecified atom stereocenters. The SMILES string of the molecule is Nc1c(Oc2ccc3ccccc3c2)ncnc1N1CCc2ccccc21. The number of rotatable bonds is 3. The molecule has 1 aromatic heterocycles. The second-order valence-corrected chi connectivity index (χ2v) is 6.56. The van der Waals surface area contributed by atoms with Gasteiger partial charge in [-0.05, 0) is 41.0 Å². The van der Waals surface area contributed by atoms with Gasteiger partial charge in [0.1, 0.15) is 17.8 Å². The summed E-state index contributed by atoms with van der Waals surface area (Å²) in [4.78, 5) is 10.8. The molecule has 0 bridgehead atoms. The smallest absolute Gasteiger partial charge is 0.248 e. The summed E-state index contributed by atoms with van der Waals surface area (Å²) in [6.07, 6.45) is 2.48. The minimum absolute atomic E-state index is 0.375. The van der Waals surface area contributed by atoms with E-state index in [1.54, 1.807) is 0 Å². The molecule has 132 valence electrons. The van der Waals surface area contributed by atoms with Crippen LogP contribution in [0.1, 0.15) is 5.56 Å². The zero-order chi connectivity index (χ0) is 18.2. The largest absolute Gasteiger partial charge is 0.437 e. The molecule has 0 fully saturated rings. The topological polar surface area (TPSA) is 64.3 Å². The first-order chi connectivity index (χ1) is 13.3. The Morgan fingerprint density at radius 2 is 1.70 bits per heavy atom. The average molecular weight is 354 g/mol. The number of benzene rings is 3. The number of hydrogen-bond acceptors (Lipinski definition) is 5. The molecule has 5 nitrogen and oxygen atoms in total. The number of hydrogen-bond donors (Lipinski definition) is 1. The Balaban J connectivity index is 1.50. The van der Waals surface area contributed by atoms with Gasteiger partial charge in [-0.3, -0.25) is 0 Å². The van der Waals surface area contributed by atoms with Crippen LogP contribution in [0.25, 0.3) is 10.8 Å². The van der Waals surface area contributed by atoms with Crippen molar-refractivity contribution in [3.05, 3.63) is 78.6 Å². The molecule has 1 aliphatic rings. The van der Waals surface area contributed by atoms with E-state index in [1.807, 2.05) is 36.4 Å². The fraction of sp³-hybridized carbons (Fsp3) is 0.0909. The van der Waals surface area contributed by atoms with E-state index in [2.05, 4.69) is 45.2 Å². The van der Waals surface area contributed by atoms with Crippen LogP contribution in [-0.2, 0) is 6.42 Å². The van der Waals surface area contributed by atoms with Crippen molar-refractivity contribution < 1.29 is 4.74 Å². The summed E-state index contributed by atoms with van der Waals surface area (Å²) in [6.45, 7) is 0.843. The fourth-order valence-electron chi connectivity index (χ4n) is 3.57. The van der Waals surface area contributed by atoms with E-state index in [9.17, 15) is 0 Å². The highest BCUT2D eigenvalue weighted by molar-refractivity contribution is 5.84. The van der Waals surface area contributed by atoms with Crippen LogP contribution in [0.4, 0.5) is 17.2 Å². The van der Waals surface area contributed by atoms with Crippen molar-refractivity contribution in [3.63, 3.8) is 0 Å². The highest BCUT2D eigenvalue weighted by atomic mass is 16.5. The van der Waals surface area contributed by atoms with E-state index in [4.69, 9.17) is 10.5 Å². The quantitative estimate of drug-likeness (QED) is 0.578. The first kappa shape index (κ1) is 15.6. The molecule has 0 aliphatic carbocycles. The van der Waals surface area contributed by atoms with Crippen LogP contribution in [-0.4, -0.2) is 16.5 Å². The Bertz CT molecular complexity index is 1140. The van der Waals surface area contributed by atoms with Gasteiger partial charge in [-0.2, -0.15) is 4.98 Å². The molecule has 2 heterocycles. The second kappa shape index (κ2) is 6.29. The summed E-state index contributed by atoms with van der Waals surface area (Å²) in [5, 5.41) is 2.27. The fourth-order valence-corrected chi connectivity index (χ4v) is 3.57. The predicted octanol–water partition coefficient (Wildman–Crippen LogP) is 4.70. The molecule has 0 atom stereocenters. The minimum atomic E-state index is 0.375. The summed E-state index contributed by atoms with van der Waals surface area (Å²) in [5.41, 5.74) is 9.27. The van der Waals surface area contributed by atoms with Crippen molar-refractivity contribution in [2.24, 2.45) is 0 Å². The number of anilines is 3. The molecule has 4 aromatic rings. The summed E-state index contributed by atoms with van der Waals surface area (Å²) in [6, 6.07) is 22.4. The van der Waals surface area contributed by atoms with Crippen LogP contribution in [0.15, 0.2) is 73.1 Å². The van der Waals surface area contributed by atoms with Crippen LogP contribution in [0.2, 0.25) is 0 Å². The molecule has 0 saturated heterocycles. The van der Waals surface area contributed by atoms with Gasteiger partial charge in [0.25, 0.3) is 0 Å². The Morgan fingerprint density at radius 3 is 2.63 bits per heavy atom. The van der Waals surface area contributed by atoms with E-state index < -0.39 is 0 Å². The number of nitrogen functional groups attached to an aromatic ring is 1. The number of aromatic nitrogens is 2. The molecule has 5 heteroatoms. The lowest BCUT2D eigenvalue weighted by Crippen LogP contribution is -2.17. The van der Waals surface area contributed by atoms with Gasteiger partial charge in [0, 0.05) is 12.2 Å². The highest BCUT2D eigenvalue weighted by Crippen LogP contribution is 2.39. The number of ether oxygens (including phenoxy) is 1. The van der Waals surface area contributed by atoms with Crippen LogP contribution < -0.4 is 15.4 Å². The standard InChI is InChI=1S/C22H18N4O/c23-20-21(26-12-11-16-6-3-4-8-19(16)26)24-14-25-22(20)27-18-10-9-15-5-1-2-7-17(15)13-18/h1-10,13-14H,11-12,23H2. The van der Waals surface area contributed by atoms with Gasteiger partial charge in [-0.1, -0.05) is 48.5 Å². The van der Waals surface area contributed by atoms with Crippen molar-refractivity contribution in [3.8, 4) is 11.6 Å². The first-order valence-corrected chi connectivity index (χ1v) is 8.92. The maximum absolute atomic E-state index is 6.39. The van der Waals surface area contributed by atoms with E-state index >= 15 is 0 Å². The Morgan fingerprint density at radius 1 is 0.889 bits per heavy atom. The van der Waals surface area contributed by atoms with Gasteiger partial charge < -0.3 is 15.4 Å². The minimum Gasteiger partial charge on any atom is -0.437 e. The van der Waals surface area contributed by atoms with Crippen LogP contribution in [0.5, 0.6) is 11.6 Å². The highest BCUT2D eigenvalue weighted by Gasteiger charge is 2.24. The van der Waals surface area contributed by atoms with Gasteiger partial charge in [0.05, 0.1) is 0 Å². The Kier molecular flexibility index (Phi) is 3.64. The Hall–Kier alpha value is -3.60. The molecule has 1 aliphatic heterocycles. The number of nitrogens with two attached hydrogens (primary N) is 1. The first-order valence-electron chi connectivity index (χ1n) is 8.92. The molecular formula is C22H18N4O. The summed E-state index contributed by atoms with van der Waals surface area (Å²) in [7, 11) is 0. The van der Waals surface area contributed by atoms with Crippen molar-refractivity contribution >= 4 is 28.0 Å². The lowest BCUT2D eigenvalue weighted by Gasteiger charge is -2.20. The number of para-hydroxylation sites is 1. The summed E-state index contributed by atoms with van der Waals surface area (Å²) < 4.78 is 6.00. The number of fused-ring (bicyclic) bond motifs is 2. The predicted molar refractivity (Wildman–Crippen MR) is 108 cm³/mol. The molecule has 0 amide bonds. The monoisotopic (exact) mass is 354 g/mol. The number of nitrogens with zero attached hydrogens (tertiary/aromatic N) is 3. The van der Waals surface area contributed by atoms with Gasteiger partial charge >= 0.3 is 0 Å². The molecule has 27 heavy (non-hydrogen) atoms. The van der Waals surface area contributed by atoms with Gasteiger partial charge in [0.2, 0.25) is 5.88 Å². The molecule has 2 N–H and O–H groups in total. The third-order valence-corrected chi connectivity index (χ3v) is 4.90. The second-order valence-electron chi connectivity index (χ2n) is 6.56. The summed E-state index contributed by atoms with van der Waals surface area (Å²) in [5.74, 6) is 1.76. The van der Waals surface area contributed by atoms with Crippen molar-refractivity contribution in [2.75, 3.05) is 17.2 Å². The molecule has 0 saturated carbocycles. The zero-order valence-electron chi connectivity index (χ0n) is 14.7. The summed E-state index contributed by atoms with van der Waals surface area (Å²) >= 11 is 0. The maximum atomic E-state index is 6.39. The van der Waals surface area contributed by atoms with E-state index in [0.717, 1.165) is 29.4 Å². The van der Waals surface area contributed by atoms with E-state index in [1.165, 1.54) is 11.9 Å². The van der Waals surface area contributed by atoms with Crippen molar-refractivity contribution in [1.82, 2.24) is 9.97 Å². The van der Waals surface area contributed by atoms with E-state index in [-0.39, 0.29) is 0 Å². The van der Waals surface area contributed by atoms with Crippen molar-refractivity contribution in [1.29, 1.82) is 0 Å². The van der Waals surface area contributed by atoms with Gasteiger partial charge in [-0.15, -0.1) is 0 Å². The molecule has 5 rings (SSSR count). The average Bonchev–Trinajstić information content (AvgIpc) is 3.13. The third kappa shape index (κ3) is 2.73. The maximum Gasteiger partial charge on any atom is 0.248 e. The normalized spacial score (nSPS) is 13.0. The Labute approximate surface area is 157 Å². The molecule has 0 radical (unpaired) electrons. The third-order valence-electron chi connectivity index (χ3n) is 4.90. The van der Waals surface area contributed by atoms with Gasteiger partial charge in [0.15, 0.2) is 5.82 Å². The molecule has 3 aromatic carbocycles. The van der Waals surface area contributed by atoms with Crippen LogP contribution in [0, 0.1) is 0 Å². The zero-order valence-corrected chi connectivity index (χ0v) is 14.7. The van der Waals surface area contributed by atoms with Crippen molar-refractivity contribution in [2.45, 2.75) is 6.42 Å². The van der Waals surface area contributed by atoms with E-state index in [0.29, 0.717) is 23.1 Å².